The monoisotopic (exact) mass is 402 g/mol. The van der Waals surface area contributed by atoms with Crippen LogP contribution in [0.5, 0.6) is 0 Å². The maximum absolute atomic E-state index is 6.38. The van der Waals surface area contributed by atoms with Crippen LogP contribution in [-0.4, -0.2) is 25.2 Å². The van der Waals surface area contributed by atoms with Crippen LogP contribution in [0.2, 0.25) is 10.0 Å². The number of H-pyrrole nitrogens is 1. The maximum Gasteiger partial charge on any atom is 0.172 e. The van der Waals surface area contributed by atoms with Gasteiger partial charge in [0.1, 0.15) is 16.4 Å². The van der Waals surface area contributed by atoms with E-state index in [4.69, 9.17) is 28.9 Å². The van der Waals surface area contributed by atoms with Crippen molar-refractivity contribution in [1.82, 2.24) is 25.2 Å². The summed E-state index contributed by atoms with van der Waals surface area (Å²) in [4.78, 5) is 0. The van der Waals surface area contributed by atoms with E-state index in [-0.39, 0.29) is 5.82 Å². The third-order valence-electron chi connectivity index (χ3n) is 3.88. The van der Waals surface area contributed by atoms with Crippen molar-refractivity contribution in [2.24, 2.45) is 0 Å². The molecule has 2 aromatic heterocycles. The fourth-order valence-corrected chi connectivity index (χ4v) is 3.47. The van der Waals surface area contributed by atoms with E-state index in [1.165, 1.54) is 0 Å². The molecule has 26 heavy (non-hydrogen) atoms. The van der Waals surface area contributed by atoms with Crippen molar-refractivity contribution in [3.8, 4) is 28.2 Å². The van der Waals surface area contributed by atoms with Gasteiger partial charge >= 0.3 is 0 Å². The van der Waals surface area contributed by atoms with E-state index in [0.717, 1.165) is 5.56 Å². The molecule has 130 valence electrons. The van der Waals surface area contributed by atoms with E-state index < -0.39 is 0 Å². The Bertz CT molecular complexity index is 1090. The number of halogens is 2. The molecule has 0 aliphatic carbocycles. The SMILES string of the molecule is Nc1n[nH]c(-c2ccccc2)c1-n1nnc(S)c1-c1ccc(Cl)cc1Cl. The third kappa shape index (κ3) is 2.84. The van der Waals surface area contributed by atoms with Crippen molar-refractivity contribution in [3.05, 3.63) is 58.6 Å². The highest BCUT2D eigenvalue weighted by atomic mass is 35.5. The first-order valence-electron chi connectivity index (χ1n) is 7.56. The van der Waals surface area contributed by atoms with Crippen LogP contribution in [-0.2, 0) is 0 Å². The molecular weight excluding hydrogens is 391 g/mol. The number of nitrogens with zero attached hydrogens (tertiary/aromatic N) is 4. The van der Waals surface area contributed by atoms with Crippen molar-refractivity contribution >= 4 is 41.6 Å². The molecule has 2 heterocycles. The molecule has 4 aromatic rings. The zero-order valence-corrected chi connectivity index (χ0v) is 15.6. The molecule has 0 unspecified atom stereocenters. The smallest absolute Gasteiger partial charge is 0.172 e. The van der Waals surface area contributed by atoms with Crippen molar-refractivity contribution in [1.29, 1.82) is 0 Å². The summed E-state index contributed by atoms with van der Waals surface area (Å²) >= 11 is 16.8. The van der Waals surface area contributed by atoms with Gasteiger partial charge in [-0.1, -0.05) is 58.7 Å². The van der Waals surface area contributed by atoms with Crippen LogP contribution in [0.25, 0.3) is 28.2 Å². The largest absolute Gasteiger partial charge is 0.380 e. The summed E-state index contributed by atoms with van der Waals surface area (Å²) in [6, 6.07) is 14.9. The number of hydrogen-bond donors (Lipinski definition) is 3. The molecule has 0 atom stereocenters. The minimum atomic E-state index is 0.286. The lowest BCUT2D eigenvalue weighted by atomic mass is 10.1. The standard InChI is InChI=1S/C17H12Cl2N6S/c18-10-6-7-11(12(19)8-10)14-17(26)23-24-25(14)15-13(21-22-16(15)20)9-4-2-1-3-5-9/h1-8,26H,(H3,20,21,22). The first-order valence-corrected chi connectivity index (χ1v) is 8.76. The second-order valence-corrected chi connectivity index (χ2v) is 6.76. The molecular formula is C17H12Cl2N6S. The van der Waals surface area contributed by atoms with E-state index in [2.05, 4.69) is 33.1 Å². The molecule has 3 N–H and O–H groups in total. The van der Waals surface area contributed by atoms with Gasteiger partial charge in [0.25, 0.3) is 0 Å². The summed E-state index contributed by atoms with van der Waals surface area (Å²) in [7, 11) is 0. The molecule has 0 aliphatic rings. The van der Waals surface area contributed by atoms with Gasteiger partial charge in [0, 0.05) is 16.1 Å². The van der Waals surface area contributed by atoms with Crippen LogP contribution in [0.4, 0.5) is 5.82 Å². The lowest BCUT2D eigenvalue weighted by molar-refractivity contribution is 0.803. The summed E-state index contributed by atoms with van der Waals surface area (Å²) in [6.07, 6.45) is 0. The molecule has 0 saturated heterocycles. The number of nitrogen functional groups attached to an aromatic ring is 1. The molecule has 0 saturated carbocycles. The summed E-state index contributed by atoms with van der Waals surface area (Å²) in [5, 5.41) is 16.8. The normalized spacial score (nSPS) is 11.0. The number of hydrogen-bond acceptors (Lipinski definition) is 5. The topological polar surface area (TPSA) is 85.4 Å². The maximum atomic E-state index is 6.38. The van der Waals surface area contributed by atoms with Gasteiger partial charge in [0.05, 0.1) is 10.7 Å². The molecule has 0 fully saturated rings. The molecule has 2 aromatic carbocycles. The Morgan fingerprint density at radius 2 is 1.85 bits per heavy atom. The molecule has 0 radical (unpaired) electrons. The van der Waals surface area contributed by atoms with E-state index in [9.17, 15) is 0 Å². The number of anilines is 1. The van der Waals surface area contributed by atoms with Crippen molar-refractivity contribution < 1.29 is 0 Å². The summed E-state index contributed by atoms with van der Waals surface area (Å²) in [6.45, 7) is 0. The predicted molar refractivity (Wildman–Crippen MR) is 106 cm³/mol. The van der Waals surface area contributed by atoms with Gasteiger partial charge in [-0.25, -0.2) is 4.68 Å². The van der Waals surface area contributed by atoms with Crippen LogP contribution < -0.4 is 5.73 Å². The van der Waals surface area contributed by atoms with Crippen LogP contribution in [0.1, 0.15) is 0 Å². The van der Waals surface area contributed by atoms with Crippen LogP contribution in [0, 0.1) is 0 Å². The Morgan fingerprint density at radius 1 is 1.08 bits per heavy atom. The Labute approximate surface area is 164 Å². The number of aromatic nitrogens is 5. The zero-order chi connectivity index (χ0) is 18.3. The van der Waals surface area contributed by atoms with Crippen LogP contribution in [0.3, 0.4) is 0 Å². The number of benzene rings is 2. The minimum absolute atomic E-state index is 0.286. The molecule has 0 spiro atoms. The first-order chi connectivity index (χ1) is 12.6. The van der Waals surface area contributed by atoms with Gasteiger partial charge in [0.2, 0.25) is 0 Å². The number of nitrogens with one attached hydrogen (secondary N) is 1. The van der Waals surface area contributed by atoms with Crippen molar-refractivity contribution in [2.75, 3.05) is 5.73 Å². The average Bonchev–Trinajstić information content (AvgIpc) is 3.18. The highest BCUT2D eigenvalue weighted by Crippen LogP contribution is 2.37. The predicted octanol–water partition coefficient (Wildman–Crippen LogP) is 4.50. The fourth-order valence-electron chi connectivity index (χ4n) is 2.72. The molecule has 6 nitrogen and oxygen atoms in total. The van der Waals surface area contributed by atoms with Gasteiger partial charge in [-0.2, -0.15) is 5.10 Å². The summed E-state index contributed by atoms with van der Waals surface area (Å²) in [5.74, 6) is 0.286. The second kappa shape index (κ2) is 6.68. The Kier molecular flexibility index (Phi) is 4.36. The Hall–Kier alpha value is -2.48. The van der Waals surface area contributed by atoms with E-state index >= 15 is 0 Å². The summed E-state index contributed by atoms with van der Waals surface area (Å²) < 4.78 is 1.58. The molecule has 0 bridgehead atoms. The van der Waals surface area contributed by atoms with Gasteiger partial charge in [-0.05, 0) is 18.2 Å². The van der Waals surface area contributed by atoms with Crippen molar-refractivity contribution in [3.63, 3.8) is 0 Å². The van der Waals surface area contributed by atoms with Gasteiger partial charge in [-0.3, -0.25) is 5.10 Å². The van der Waals surface area contributed by atoms with E-state index in [1.54, 1.807) is 22.9 Å². The molecule has 0 aliphatic heterocycles. The number of rotatable bonds is 3. The van der Waals surface area contributed by atoms with Crippen LogP contribution >= 0.6 is 35.8 Å². The lowest BCUT2D eigenvalue weighted by Crippen LogP contribution is -2.04. The second-order valence-electron chi connectivity index (χ2n) is 5.50. The van der Waals surface area contributed by atoms with Crippen LogP contribution in [0.15, 0.2) is 53.6 Å². The first kappa shape index (κ1) is 17.0. The Morgan fingerprint density at radius 3 is 2.58 bits per heavy atom. The Balaban J connectivity index is 1.96. The molecule has 4 rings (SSSR count). The number of thiol groups is 1. The van der Waals surface area contributed by atoms with Gasteiger partial charge < -0.3 is 5.73 Å². The highest BCUT2D eigenvalue weighted by molar-refractivity contribution is 7.80. The number of aromatic amines is 1. The lowest BCUT2D eigenvalue weighted by Gasteiger charge is -2.10. The van der Waals surface area contributed by atoms with E-state index in [0.29, 0.717) is 37.7 Å². The highest BCUT2D eigenvalue weighted by Gasteiger charge is 2.23. The zero-order valence-electron chi connectivity index (χ0n) is 13.2. The van der Waals surface area contributed by atoms with Gasteiger partial charge in [-0.15, -0.1) is 17.7 Å². The third-order valence-corrected chi connectivity index (χ3v) is 4.73. The fraction of sp³-hybridized carbons (Fsp3) is 0. The number of nitrogens with two attached hydrogens (primary N) is 1. The quantitative estimate of drug-likeness (QED) is 0.440. The summed E-state index contributed by atoms with van der Waals surface area (Å²) in [5.41, 5.74) is 9.60. The molecule has 9 heteroatoms. The van der Waals surface area contributed by atoms with E-state index in [1.807, 2.05) is 30.3 Å². The van der Waals surface area contributed by atoms with Crippen molar-refractivity contribution in [2.45, 2.75) is 5.03 Å². The average molecular weight is 403 g/mol. The molecule has 0 amide bonds. The van der Waals surface area contributed by atoms with Gasteiger partial charge in [0.15, 0.2) is 5.82 Å². The minimum Gasteiger partial charge on any atom is -0.380 e.